The number of rotatable bonds is 30. The minimum Gasteiger partial charge on any atom is -0.544 e. The van der Waals surface area contributed by atoms with Crippen LogP contribution < -0.4 is 5.11 Å². The molecule has 0 spiro atoms. The summed E-state index contributed by atoms with van der Waals surface area (Å²) >= 11 is 0. The number of hydrogen-bond donors (Lipinski definition) is 2. The fourth-order valence-corrected chi connectivity index (χ4v) is 6.62. The molecule has 3 atom stereocenters. The molecule has 0 aliphatic heterocycles. The van der Waals surface area contributed by atoms with Crippen LogP contribution in [-0.2, 0) is 14.4 Å². The summed E-state index contributed by atoms with van der Waals surface area (Å²) in [6, 6.07) is -3.33. The summed E-state index contributed by atoms with van der Waals surface area (Å²) in [5.41, 5.74) is 0. The van der Waals surface area contributed by atoms with Crippen LogP contribution in [0.2, 0.25) is 0 Å². The molecule has 0 aromatic carbocycles. The highest BCUT2D eigenvalue weighted by Gasteiger charge is 2.54. The molecule has 0 heterocycles. The fourth-order valence-electron chi connectivity index (χ4n) is 6.62. The predicted molar refractivity (Wildman–Crippen MR) is 170 cm³/mol. The van der Waals surface area contributed by atoms with Crippen molar-refractivity contribution in [2.75, 3.05) is 6.54 Å². The van der Waals surface area contributed by atoms with Crippen molar-refractivity contribution >= 4 is 17.9 Å². The van der Waals surface area contributed by atoms with E-state index in [1.165, 1.54) is 70.6 Å². The molecule has 0 aliphatic rings. The lowest BCUT2D eigenvalue weighted by molar-refractivity contribution is -0.975. The average Bonchev–Trinajstić information content (AvgIpc) is 2.95. The van der Waals surface area contributed by atoms with Crippen molar-refractivity contribution in [3.63, 3.8) is 0 Å². The molecule has 0 saturated heterocycles. The zero-order valence-electron chi connectivity index (χ0n) is 27.6. The molecule has 0 saturated carbocycles. The van der Waals surface area contributed by atoms with E-state index in [4.69, 9.17) is 0 Å². The third kappa shape index (κ3) is 15.5. The van der Waals surface area contributed by atoms with Gasteiger partial charge in [0.25, 0.3) is 0 Å². The zero-order valence-corrected chi connectivity index (χ0v) is 27.6. The summed E-state index contributed by atoms with van der Waals surface area (Å²) in [5.74, 6) is -3.56. The molecule has 0 rings (SSSR count). The maximum Gasteiger partial charge on any atom is 0.362 e. The molecule has 0 amide bonds. The second kappa shape index (κ2) is 25.6. The van der Waals surface area contributed by atoms with Gasteiger partial charge in [-0.3, -0.25) is 4.48 Å². The van der Waals surface area contributed by atoms with Gasteiger partial charge in [-0.1, -0.05) is 110 Å². The SMILES string of the molecule is CCCCCCC/C=C/CCCCCCCCCCC[N+](C(CCC)C(=O)[O-])(C(CCC)C(=O)O)C(CCC)C(=O)O. The van der Waals surface area contributed by atoms with Gasteiger partial charge in [0.05, 0.1) is 12.5 Å². The van der Waals surface area contributed by atoms with E-state index < -0.39 is 40.5 Å². The van der Waals surface area contributed by atoms with Crippen molar-refractivity contribution in [3.05, 3.63) is 12.2 Å². The van der Waals surface area contributed by atoms with Crippen molar-refractivity contribution < 1.29 is 34.2 Å². The van der Waals surface area contributed by atoms with Gasteiger partial charge in [-0.05, 0) is 51.4 Å². The van der Waals surface area contributed by atoms with Crippen LogP contribution in [0.25, 0.3) is 0 Å². The van der Waals surface area contributed by atoms with Crippen LogP contribution in [0.5, 0.6) is 0 Å². The molecule has 0 radical (unpaired) electrons. The summed E-state index contributed by atoms with van der Waals surface area (Å²) in [6.45, 7) is 8.06. The van der Waals surface area contributed by atoms with Gasteiger partial charge in [-0.2, -0.15) is 0 Å². The van der Waals surface area contributed by atoms with Gasteiger partial charge in [-0.25, -0.2) is 9.59 Å². The van der Waals surface area contributed by atoms with Crippen molar-refractivity contribution in [1.82, 2.24) is 0 Å². The number of allylic oxidation sites excluding steroid dienone is 2. The van der Waals surface area contributed by atoms with Crippen molar-refractivity contribution in [1.29, 1.82) is 0 Å². The highest BCUT2D eigenvalue weighted by atomic mass is 16.4. The molecule has 0 aromatic rings. The lowest BCUT2D eigenvalue weighted by Gasteiger charge is -2.52. The largest absolute Gasteiger partial charge is 0.544 e. The smallest absolute Gasteiger partial charge is 0.362 e. The number of hydrogen-bond acceptors (Lipinski definition) is 4. The van der Waals surface area contributed by atoms with Gasteiger partial charge in [0.1, 0.15) is 6.04 Å². The van der Waals surface area contributed by atoms with Crippen LogP contribution >= 0.6 is 0 Å². The summed E-state index contributed by atoms with van der Waals surface area (Å²) in [6.07, 6.45) is 25.7. The van der Waals surface area contributed by atoms with Crippen molar-refractivity contribution in [3.8, 4) is 0 Å². The third-order valence-corrected chi connectivity index (χ3v) is 8.83. The fraction of sp³-hybridized carbons (Fsp3) is 0.857. The molecule has 246 valence electrons. The average molecular weight is 596 g/mol. The number of quaternary nitrogens is 1. The van der Waals surface area contributed by atoms with Gasteiger partial charge in [0.2, 0.25) is 0 Å². The number of aliphatic carboxylic acids is 3. The Bertz CT molecular complexity index is 677. The molecule has 0 fully saturated rings. The van der Waals surface area contributed by atoms with Gasteiger partial charge in [-0.15, -0.1) is 0 Å². The molecule has 2 N–H and O–H groups in total. The van der Waals surface area contributed by atoms with Gasteiger partial charge >= 0.3 is 11.9 Å². The van der Waals surface area contributed by atoms with E-state index in [1.54, 1.807) is 0 Å². The van der Waals surface area contributed by atoms with Crippen LogP contribution in [0.3, 0.4) is 0 Å². The van der Waals surface area contributed by atoms with Crippen molar-refractivity contribution in [2.24, 2.45) is 0 Å². The molecule has 7 heteroatoms. The lowest BCUT2D eigenvalue weighted by atomic mass is 9.91. The normalized spacial score (nSPS) is 15.3. The summed E-state index contributed by atoms with van der Waals surface area (Å²) < 4.78 is -0.435. The number of unbranched alkanes of at least 4 members (excludes halogenated alkanes) is 14. The van der Waals surface area contributed by atoms with Gasteiger partial charge in [0, 0.05) is 19.3 Å². The lowest BCUT2D eigenvalue weighted by Crippen LogP contribution is -2.74. The zero-order chi connectivity index (χ0) is 31.6. The number of carbonyl (C=O) groups excluding carboxylic acids is 1. The Morgan fingerprint density at radius 3 is 1.26 bits per heavy atom. The van der Waals surface area contributed by atoms with Crippen LogP contribution in [0.15, 0.2) is 12.2 Å². The first-order chi connectivity index (χ1) is 20.2. The Hall–Kier alpha value is -1.89. The first-order valence-electron chi connectivity index (χ1n) is 17.4. The van der Waals surface area contributed by atoms with Crippen LogP contribution in [0.4, 0.5) is 0 Å². The van der Waals surface area contributed by atoms with Gasteiger partial charge < -0.3 is 20.1 Å². The minimum atomic E-state index is -1.33. The molecular formula is C35H65NO6. The summed E-state index contributed by atoms with van der Waals surface area (Å²) in [7, 11) is 0. The first kappa shape index (κ1) is 40.1. The Morgan fingerprint density at radius 2 is 0.905 bits per heavy atom. The predicted octanol–water partition coefficient (Wildman–Crippen LogP) is 8.05. The monoisotopic (exact) mass is 595 g/mol. The second-order valence-electron chi connectivity index (χ2n) is 12.3. The van der Waals surface area contributed by atoms with E-state index in [2.05, 4.69) is 19.1 Å². The van der Waals surface area contributed by atoms with E-state index in [0.29, 0.717) is 25.7 Å². The van der Waals surface area contributed by atoms with E-state index in [1.807, 2.05) is 20.8 Å². The Kier molecular flexibility index (Phi) is 24.4. The molecule has 0 bridgehead atoms. The Morgan fingerprint density at radius 1 is 0.548 bits per heavy atom. The van der Waals surface area contributed by atoms with E-state index >= 15 is 0 Å². The highest BCUT2D eigenvalue weighted by Crippen LogP contribution is 2.34. The third-order valence-electron chi connectivity index (χ3n) is 8.83. The number of nitrogens with zero attached hydrogens (tertiary/aromatic N) is 1. The Balaban J connectivity index is 4.92. The maximum absolute atomic E-state index is 12.6. The van der Waals surface area contributed by atoms with E-state index in [9.17, 15) is 29.7 Å². The molecule has 42 heavy (non-hydrogen) atoms. The minimum absolute atomic E-state index is 0.207. The molecule has 0 aromatic heterocycles. The highest BCUT2D eigenvalue weighted by molar-refractivity contribution is 5.77. The quantitative estimate of drug-likeness (QED) is 0.0493. The van der Waals surface area contributed by atoms with Crippen LogP contribution in [0, 0.1) is 0 Å². The topological polar surface area (TPSA) is 115 Å². The Labute approximate surface area is 257 Å². The number of carboxylic acids is 3. The van der Waals surface area contributed by atoms with Crippen molar-refractivity contribution in [2.45, 2.75) is 187 Å². The standard InChI is InChI=1S/C35H65NO6/c1-5-9-10-11-12-13-14-15-16-17-18-19-20-21-22-23-24-25-29-36(30(26-6-2)33(37)38,31(27-7-3)34(39)40)32(28-8-4)35(41)42/h14-15,30-32H,5-13,16-29H2,1-4H3,(H2-,37,38,39,40,41,42)/b15-14+. The molecule has 7 nitrogen and oxygen atoms in total. The first-order valence-corrected chi connectivity index (χ1v) is 17.4. The summed E-state index contributed by atoms with van der Waals surface area (Å²) in [5, 5.41) is 33.0. The van der Waals surface area contributed by atoms with E-state index in [0.717, 1.165) is 25.7 Å². The molecule has 3 unspecified atom stereocenters. The van der Waals surface area contributed by atoms with Crippen LogP contribution in [-0.4, -0.2) is 57.3 Å². The second-order valence-corrected chi connectivity index (χ2v) is 12.3. The van der Waals surface area contributed by atoms with Gasteiger partial charge in [0.15, 0.2) is 12.1 Å². The molecular weight excluding hydrogens is 530 g/mol. The maximum atomic E-state index is 12.6. The van der Waals surface area contributed by atoms with Crippen LogP contribution in [0.1, 0.15) is 169 Å². The number of carbonyl (C=O) groups is 3. The van der Waals surface area contributed by atoms with E-state index in [-0.39, 0.29) is 25.8 Å². The summed E-state index contributed by atoms with van der Waals surface area (Å²) in [4.78, 5) is 37.6. The molecule has 0 aliphatic carbocycles. The number of carboxylic acid groups (broad SMARTS) is 3.